The van der Waals surface area contributed by atoms with Gasteiger partial charge in [-0.3, -0.25) is 23.5 Å². The Morgan fingerprint density at radius 1 is 1.18 bits per heavy atom. The molecule has 3 aromatic rings. The zero-order valence-corrected chi connectivity index (χ0v) is 22.1. The van der Waals surface area contributed by atoms with E-state index in [0.29, 0.717) is 18.2 Å². The molecule has 2 amide bonds. The molecular weight excluding hydrogens is 508 g/mol. The molecule has 1 unspecified atom stereocenters. The summed E-state index contributed by atoms with van der Waals surface area (Å²) in [6.07, 6.45) is 4.17. The molecule has 4 rings (SSSR count). The molecule has 1 fully saturated rings. The first-order chi connectivity index (χ1) is 18.1. The minimum atomic E-state index is -3.97. The molecule has 202 valence electrons. The number of hydrogen-bond acceptors (Lipinski definition) is 8. The largest absolute Gasteiger partial charge is 0.458 e. The highest BCUT2D eigenvalue weighted by Gasteiger charge is 2.45. The van der Waals surface area contributed by atoms with Gasteiger partial charge in [0.05, 0.1) is 12.0 Å². The lowest BCUT2D eigenvalue weighted by atomic mass is 10.00. The molecule has 0 spiro atoms. The van der Waals surface area contributed by atoms with Gasteiger partial charge < -0.3 is 20.0 Å². The Kier molecular flexibility index (Phi) is 8.29. The van der Waals surface area contributed by atoms with Crippen molar-refractivity contribution < 1.29 is 27.9 Å². The summed E-state index contributed by atoms with van der Waals surface area (Å²) in [4.78, 5) is 45.8. The predicted octanol–water partition coefficient (Wildman–Crippen LogP) is 4.71. The summed E-state index contributed by atoms with van der Waals surface area (Å²) in [5, 5.41) is 10.5. The fourth-order valence-corrected chi connectivity index (χ4v) is 6.32. The average Bonchev–Trinajstić information content (AvgIpc) is 3.33. The maximum atomic E-state index is 14.0. The molecule has 0 bridgehead atoms. The van der Waals surface area contributed by atoms with Crippen LogP contribution in [0.2, 0.25) is 0 Å². The Morgan fingerprint density at radius 3 is 2.63 bits per heavy atom. The Hall–Kier alpha value is -3.54. The molecule has 0 radical (unpaired) electrons. The zero-order valence-electron chi connectivity index (χ0n) is 21.3. The van der Waals surface area contributed by atoms with Crippen LogP contribution in [0.4, 0.5) is 0 Å². The highest BCUT2D eigenvalue weighted by Crippen LogP contribution is 2.53. The number of Topliss-reactive ketones (excluding diaryl/α,β-unsaturated/α-hetero) is 1. The molecule has 2 atom stereocenters. The lowest BCUT2D eigenvalue weighted by Crippen LogP contribution is -2.57. The van der Waals surface area contributed by atoms with Crippen LogP contribution in [0.5, 0.6) is 0 Å². The van der Waals surface area contributed by atoms with Gasteiger partial charge in [-0.15, -0.1) is 10.6 Å². The minimum Gasteiger partial charge on any atom is -0.458 e. The number of fused-ring (bicyclic) bond motifs is 1. The van der Waals surface area contributed by atoms with Crippen molar-refractivity contribution in [3.8, 4) is 0 Å². The molecule has 1 aromatic carbocycles. The number of likely N-dealkylation sites (tertiary alicyclic amines) is 1. The third-order valence-electron chi connectivity index (χ3n) is 6.45. The van der Waals surface area contributed by atoms with E-state index in [-0.39, 0.29) is 41.8 Å². The van der Waals surface area contributed by atoms with E-state index in [1.54, 1.807) is 30.3 Å². The number of carbonyl (C=O) groups is 3. The lowest BCUT2D eigenvalue weighted by molar-refractivity contribution is -0.137. The van der Waals surface area contributed by atoms with Gasteiger partial charge in [0.1, 0.15) is 11.1 Å². The predicted molar refractivity (Wildman–Crippen MR) is 144 cm³/mol. The van der Waals surface area contributed by atoms with E-state index in [4.69, 9.17) is 9.83 Å². The van der Waals surface area contributed by atoms with Crippen molar-refractivity contribution in [2.24, 2.45) is 5.92 Å². The van der Waals surface area contributed by atoms with Gasteiger partial charge in [0, 0.05) is 23.5 Å². The van der Waals surface area contributed by atoms with Crippen LogP contribution in [0.25, 0.3) is 10.8 Å². The van der Waals surface area contributed by atoms with E-state index < -0.39 is 39.6 Å². The highest BCUT2D eigenvalue weighted by atomic mass is 32.3. The van der Waals surface area contributed by atoms with Crippen molar-refractivity contribution in [1.29, 1.82) is 5.41 Å². The van der Waals surface area contributed by atoms with E-state index in [1.807, 2.05) is 19.9 Å². The maximum absolute atomic E-state index is 14.0. The van der Waals surface area contributed by atoms with Crippen molar-refractivity contribution in [2.45, 2.75) is 56.0 Å². The Balaban J connectivity index is 1.71. The SMILES string of the molecule is CC(C)C[C@H](NC(=O)c1occ2ccccc12)C(=O)N1CCCCC(=N)C(=O)C1S(O)(O)c1ccccn1. The number of aromatic nitrogens is 1. The molecule has 4 N–H and O–H groups in total. The molecule has 2 aromatic heterocycles. The van der Waals surface area contributed by atoms with E-state index in [1.165, 1.54) is 18.5 Å². The summed E-state index contributed by atoms with van der Waals surface area (Å²) in [6, 6.07) is 10.6. The monoisotopic (exact) mass is 540 g/mol. The summed E-state index contributed by atoms with van der Waals surface area (Å²) in [6.45, 7) is 3.84. The summed E-state index contributed by atoms with van der Waals surface area (Å²) in [7, 11) is -3.97. The Bertz CT molecular complexity index is 1340. The van der Waals surface area contributed by atoms with Gasteiger partial charge in [0.15, 0.2) is 11.1 Å². The van der Waals surface area contributed by atoms with E-state index in [2.05, 4.69) is 10.3 Å². The number of ketones is 1. The first-order valence-electron chi connectivity index (χ1n) is 12.5. The summed E-state index contributed by atoms with van der Waals surface area (Å²) in [5.41, 5.74) is -0.282. The maximum Gasteiger partial charge on any atom is 0.288 e. The number of nitrogens with one attached hydrogen (secondary N) is 2. The van der Waals surface area contributed by atoms with Crippen molar-refractivity contribution in [1.82, 2.24) is 15.2 Å². The topological polar surface area (TPSA) is 157 Å². The number of rotatable bonds is 7. The molecule has 0 saturated carbocycles. The average molecular weight is 541 g/mol. The smallest absolute Gasteiger partial charge is 0.288 e. The molecule has 0 aliphatic carbocycles. The first-order valence-corrected chi connectivity index (χ1v) is 14.1. The molecule has 38 heavy (non-hydrogen) atoms. The molecular formula is C27H32N4O6S. The molecule has 1 aliphatic rings. The van der Waals surface area contributed by atoms with Gasteiger partial charge in [0.25, 0.3) is 5.91 Å². The van der Waals surface area contributed by atoms with Gasteiger partial charge in [-0.2, -0.15) is 0 Å². The first kappa shape index (κ1) is 27.5. The molecule has 11 heteroatoms. The van der Waals surface area contributed by atoms with Crippen molar-refractivity contribution in [2.75, 3.05) is 6.54 Å². The van der Waals surface area contributed by atoms with Gasteiger partial charge in [-0.05, 0) is 43.7 Å². The molecule has 3 heterocycles. The quantitative estimate of drug-likeness (QED) is 0.338. The second kappa shape index (κ2) is 11.5. The number of hydrogen-bond donors (Lipinski definition) is 4. The second-order valence-electron chi connectivity index (χ2n) is 9.75. The Labute approximate surface area is 222 Å². The minimum absolute atomic E-state index is 0.0176. The van der Waals surface area contributed by atoms with Gasteiger partial charge in [0.2, 0.25) is 11.7 Å². The molecule has 10 nitrogen and oxygen atoms in total. The van der Waals surface area contributed by atoms with E-state index in [0.717, 1.165) is 10.3 Å². The van der Waals surface area contributed by atoms with Crippen molar-refractivity contribution in [3.05, 3.63) is 60.7 Å². The van der Waals surface area contributed by atoms with Crippen LogP contribution < -0.4 is 5.32 Å². The molecule has 1 saturated heterocycles. The van der Waals surface area contributed by atoms with Crippen LogP contribution in [-0.4, -0.2) is 60.3 Å². The van der Waals surface area contributed by atoms with Gasteiger partial charge in [-0.1, -0.05) is 44.2 Å². The second-order valence-corrected chi connectivity index (χ2v) is 11.8. The number of nitrogens with zero attached hydrogens (tertiary/aromatic N) is 2. The fourth-order valence-electron chi connectivity index (χ4n) is 4.59. The van der Waals surface area contributed by atoms with Crippen LogP contribution >= 0.6 is 10.6 Å². The van der Waals surface area contributed by atoms with Gasteiger partial charge >= 0.3 is 0 Å². The standard InChI is InChI=1S/C27H32N4O6S/c1-17(2)15-21(30-25(33)24-19-10-4-3-9-18(19)16-37-24)26(34)31-14-8-6-11-20(28)23(32)27(31)38(35,36)22-12-5-7-13-29-22/h3-5,7,9-10,12-13,16-17,21,27-28,35-36H,6,8,11,14-15H2,1-2H3,(H,30,33)/t21-,27?/m0/s1. The number of carbonyl (C=O) groups excluding carboxylic acids is 3. The number of furan rings is 1. The van der Waals surface area contributed by atoms with Crippen LogP contribution in [0.3, 0.4) is 0 Å². The molecule has 1 aliphatic heterocycles. The normalized spacial score (nSPS) is 18.2. The fraction of sp³-hybridized carbons (Fsp3) is 0.370. The Morgan fingerprint density at radius 2 is 1.92 bits per heavy atom. The number of amides is 2. The van der Waals surface area contributed by atoms with Crippen LogP contribution in [0, 0.1) is 11.3 Å². The van der Waals surface area contributed by atoms with Crippen LogP contribution in [0.1, 0.15) is 50.1 Å². The third kappa shape index (κ3) is 5.64. The summed E-state index contributed by atoms with van der Waals surface area (Å²) < 4.78 is 28.1. The van der Waals surface area contributed by atoms with Crippen LogP contribution in [0.15, 0.2) is 64.4 Å². The highest BCUT2D eigenvalue weighted by molar-refractivity contribution is 8.25. The van der Waals surface area contributed by atoms with Crippen molar-refractivity contribution in [3.63, 3.8) is 0 Å². The van der Waals surface area contributed by atoms with E-state index in [9.17, 15) is 23.5 Å². The van der Waals surface area contributed by atoms with Crippen molar-refractivity contribution >= 4 is 44.7 Å². The lowest BCUT2D eigenvalue weighted by Gasteiger charge is -2.45. The zero-order chi connectivity index (χ0) is 27.4. The number of pyridine rings is 1. The van der Waals surface area contributed by atoms with Crippen LogP contribution in [-0.2, 0) is 9.59 Å². The number of benzene rings is 1. The van der Waals surface area contributed by atoms with E-state index >= 15 is 0 Å². The van der Waals surface area contributed by atoms with Gasteiger partial charge in [-0.25, -0.2) is 4.98 Å². The third-order valence-corrected chi connectivity index (χ3v) is 8.39. The summed E-state index contributed by atoms with van der Waals surface area (Å²) in [5.74, 6) is -2.02. The summed E-state index contributed by atoms with van der Waals surface area (Å²) >= 11 is 0.